The van der Waals surface area contributed by atoms with E-state index in [2.05, 4.69) is 4.18 Å². The van der Waals surface area contributed by atoms with E-state index in [-0.39, 0.29) is 18.6 Å². The Labute approximate surface area is 140 Å². The molecule has 0 radical (unpaired) electrons. The van der Waals surface area contributed by atoms with Gasteiger partial charge in [0.05, 0.1) is 12.7 Å². The first kappa shape index (κ1) is 21.2. The summed E-state index contributed by atoms with van der Waals surface area (Å²) in [6.45, 7) is 6.20. The number of benzene rings is 1. The lowest BCUT2D eigenvalue weighted by molar-refractivity contribution is 0.157. The molecule has 6 nitrogen and oxygen atoms in total. The van der Waals surface area contributed by atoms with E-state index in [1.54, 1.807) is 20.8 Å². The van der Waals surface area contributed by atoms with Crippen molar-refractivity contribution in [1.29, 1.82) is 0 Å². The second-order valence-corrected chi connectivity index (χ2v) is 8.58. The van der Waals surface area contributed by atoms with Crippen molar-refractivity contribution in [1.82, 2.24) is 0 Å². The SMILES string of the molecule is CCOP(=O)(COS(=O)(=O)c1c(F)ccc(F)c1CC)OC(C)C. The minimum atomic E-state index is -4.69. The van der Waals surface area contributed by atoms with Crippen molar-refractivity contribution >= 4 is 17.7 Å². The van der Waals surface area contributed by atoms with Gasteiger partial charge in [-0.15, -0.1) is 0 Å². The van der Waals surface area contributed by atoms with Crippen molar-refractivity contribution < 1.29 is 35.0 Å². The summed E-state index contributed by atoms with van der Waals surface area (Å²) in [6.07, 6.45) is -1.50. The fraction of sp³-hybridized carbons (Fsp3) is 0.571. The van der Waals surface area contributed by atoms with E-state index in [9.17, 15) is 21.8 Å². The van der Waals surface area contributed by atoms with Gasteiger partial charge in [-0.05, 0) is 39.3 Å². The number of halogens is 2. The van der Waals surface area contributed by atoms with Crippen LogP contribution in [0.1, 0.15) is 33.3 Å². The minimum absolute atomic E-state index is 0.00193. The maximum Gasteiger partial charge on any atom is 0.357 e. The highest BCUT2D eigenvalue weighted by atomic mass is 32.2. The van der Waals surface area contributed by atoms with Gasteiger partial charge in [0.15, 0.2) is 6.35 Å². The molecule has 0 saturated heterocycles. The summed E-state index contributed by atoms with van der Waals surface area (Å²) in [4.78, 5) is -0.905. The van der Waals surface area contributed by atoms with Gasteiger partial charge in [-0.2, -0.15) is 8.42 Å². The first-order valence-electron chi connectivity index (χ1n) is 7.34. The second-order valence-electron chi connectivity index (χ2n) is 5.07. The van der Waals surface area contributed by atoms with Crippen molar-refractivity contribution in [3.63, 3.8) is 0 Å². The Morgan fingerprint density at radius 3 is 2.25 bits per heavy atom. The first-order valence-corrected chi connectivity index (χ1v) is 10.5. The van der Waals surface area contributed by atoms with Gasteiger partial charge in [-0.1, -0.05) is 6.92 Å². The van der Waals surface area contributed by atoms with Gasteiger partial charge in [0, 0.05) is 5.56 Å². The zero-order valence-electron chi connectivity index (χ0n) is 13.9. The summed E-state index contributed by atoms with van der Waals surface area (Å²) in [5, 5.41) is 0. The van der Waals surface area contributed by atoms with Crippen LogP contribution >= 0.6 is 7.60 Å². The monoisotopic (exact) mass is 386 g/mol. The van der Waals surface area contributed by atoms with Gasteiger partial charge in [0.1, 0.15) is 16.5 Å². The highest BCUT2D eigenvalue weighted by Gasteiger charge is 2.32. The van der Waals surface area contributed by atoms with Crippen molar-refractivity contribution in [2.75, 3.05) is 13.0 Å². The third-order valence-corrected chi connectivity index (χ3v) is 6.21. The van der Waals surface area contributed by atoms with Crippen LogP contribution in [0.2, 0.25) is 0 Å². The van der Waals surface area contributed by atoms with E-state index in [1.807, 2.05) is 0 Å². The molecule has 138 valence electrons. The third-order valence-electron chi connectivity index (χ3n) is 2.82. The van der Waals surface area contributed by atoms with Crippen LogP contribution in [0.4, 0.5) is 8.78 Å². The summed E-state index contributed by atoms with van der Waals surface area (Å²) >= 11 is 0. The average molecular weight is 386 g/mol. The van der Waals surface area contributed by atoms with Crippen molar-refractivity contribution in [3.8, 4) is 0 Å². The highest BCUT2D eigenvalue weighted by Crippen LogP contribution is 2.49. The Balaban J connectivity index is 3.15. The van der Waals surface area contributed by atoms with E-state index < -0.39 is 46.7 Å². The number of hydrogen-bond donors (Lipinski definition) is 0. The fourth-order valence-corrected chi connectivity index (χ4v) is 5.26. The number of hydrogen-bond acceptors (Lipinski definition) is 6. The largest absolute Gasteiger partial charge is 0.357 e. The zero-order valence-corrected chi connectivity index (χ0v) is 15.6. The molecule has 0 aliphatic carbocycles. The standard InChI is InChI=1S/C14H21F2O6PS/c1-5-11-12(15)7-8-13(16)14(11)24(18,19)21-9-23(17,20-6-2)22-10(3)4/h7-8,10H,5-6,9H2,1-4H3. The maximum absolute atomic E-state index is 13.9. The van der Waals surface area contributed by atoms with Crippen LogP contribution in [0.3, 0.4) is 0 Å². The summed E-state index contributed by atoms with van der Waals surface area (Å²) in [7, 11) is -8.55. The molecule has 0 aliphatic heterocycles. The lowest BCUT2D eigenvalue weighted by Gasteiger charge is -2.20. The molecule has 1 aromatic rings. The van der Waals surface area contributed by atoms with Crippen LogP contribution in [0.15, 0.2) is 17.0 Å². The molecule has 0 saturated carbocycles. The molecule has 1 atom stereocenters. The average Bonchev–Trinajstić information content (AvgIpc) is 2.46. The van der Waals surface area contributed by atoms with Gasteiger partial charge in [0.2, 0.25) is 0 Å². The van der Waals surface area contributed by atoms with Gasteiger partial charge in [-0.3, -0.25) is 8.75 Å². The quantitative estimate of drug-likeness (QED) is 0.474. The predicted octanol–water partition coefficient (Wildman–Crippen LogP) is 3.84. The second kappa shape index (κ2) is 8.49. The normalized spacial score (nSPS) is 14.8. The molecule has 0 N–H and O–H groups in total. The smallest absolute Gasteiger partial charge is 0.307 e. The van der Waals surface area contributed by atoms with Crippen molar-refractivity contribution in [3.05, 3.63) is 29.3 Å². The summed E-state index contributed by atoms with van der Waals surface area (Å²) in [6, 6.07) is 1.53. The van der Waals surface area contributed by atoms with Gasteiger partial charge < -0.3 is 9.05 Å². The topological polar surface area (TPSA) is 78.9 Å². The van der Waals surface area contributed by atoms with Crippen LogP contribution in [0.5, 0.6) is 0 Å². The molecule has 0 spiro atoms. The lowest BCUT2D eigenvalue weighted by atomic mass is 10.1. The molecular weight excluding hydrogens is 365 g/mol. The molecule has 24 heavy (non-hydrogen) atoms. The Morgan fingerprint density at radius 1 is 1.17 bits per heavy atom. The molecule has 0 aliphatic rings. The molecule has 0 amide bonds. The highest BCUT2D eigenvalue weighted by molar-refractivity contribution is 7.87. The molecule has 10 heteroatoms. The lowest BCUT2D eigenvalue weighted by Crippen LogP contribution is -2.16. The molecule has 1 rings (SSSR count). The summed E-state index contributed by atoms with van der Waals surface area (Å²) in [5.74, 6) is -2.02. The first-order chi connectivity index (χ1) is 11.1. The van der Waals surface area contributed by atoms with Crippen LogP contribution in [0, 0.1) is 11.6 Å². The van der Waals surface area contributed by atoms with Crippen LogP contribution in [-0.4, -0.2) is 27.5 Å². The zero-order chi connectivity index (χ0) is 18.5. The molecule has 1 aromatic carbocycles. The Bertz CT molecular complexity index is 720. The molecule has 0 heterocycles. The van der Waals surface area contributed by atoms with Crippen LogP contribution in [-0.2, 0) is 34.3 Å². The van der Waals surface area contributed by atoms with Crippen LogP contribution in [0.25, 0.3) is 0 Å². The van der Waals surface area contributed by atoms with Crippen molar-refractivity contribution in [2.24, 2.45) is 0 Å². The van der Waals surface area contributed by atoms with E-state index in [0.717, 1.165) is 6.07 Å². The van der Waals surface area contributed by atoms with Gasteiger partial charge in [0.25, 0.3) is 0 Å². The fourth-order valence-electron chi connectivity index (χ4n) is 1.98. The van der Waals surface area contributed by atoms with E-state index in [4.69, 9.17) is 9.05 Å². The maximum atomic E-state index is 13.9. The van der Waals surface area contributed by atoms with E-state index in [1.165, 1.54) is 6.92 Å². The minimum Gasteiger partial charge on any atom is -0.307 e. The Hall–Kier alpha value is -0.860. The van der Waals surface area contributed by atoms with Crippen LogP contribution < -0.4 is 0 Å². The Morgan fingerprint density at radius 2 is 1.75 bits per heavy atom. The summed E-state index contributed by atoms with van der Waals surface area (Å²) < 4.78 is 79.3. The molecule has 0 fully saturated rings. The molecule has 1 unspecified atom stereocenters. The van der Waals surface area contributed by atoms with Gasteiger partial charge in [-0.25, -0.2) is 8.78 Å². The summed E-state index contributed by atoms with van der Waals surface area (Å²) in [5.41, 5.74) is -0.342. The van der Waals surface area contributed by atoms with Crippen molar-refractivity contribution in [2.45, 2.75) is 45.1 Å². The molecule has 0 bridgehead atoms. The molecule has 0 aromatic heterocycles. The van der Waals surface area contributed by atoms with E-state index in [0.29, 0.717) is 6.07 Å². The molecular formula is C14H21F2O6PS. The predicted molar refractivity (Wildman–Crippen MR) is 84.3 cm³/mol. The third kappa shape index (κ3) is 5.32. The Kier molecular flexibility index (Phi) is 7.49. The number of rotatable bonds is 9. The van der Waals surface area contributed by atoms with E-state index >= 15 is 0 Å². The van der Waals surface area contributed by atoms with Gasteiger partial charge >= 0.3 is 17.7 Å².